The average Bonchev–Trinajstić information content (AvgIpc) is 3.21. The molecule has 2 rings (SSSR count). The van der Waals surface area contributed by atoms with Crippen LogP contribution >= 0.6 is 24.0 Å². The third-order valence-electron chi connectivity index (χ3n) is 3.92. The Morgan fingerprint density at radius 2 is 2.10 bits per heavy atom. The Morgan fingerprint density at radius 3 is 2.77 bits per heavy atom. The van der Waals surface area contributed by atoms with E-state index in [9.17, 15) is 8.78 Å². The number of benzene rings is 1. The van der Waals surface area contributed by atoms with Gasteiger partial charge in [-0.1, -0.05) is 6.92 Å². The summed E-state index contributed by atoms with van der Waals surface area (Å²) in [6.07, 6.45) is 7.16. The molecule has 0 atom stereocenters. The molecule has 0 aliphatic rings. The third kappa shape index (κ3) is 9.59. The summed E-state index contributed by atoms with van der Waals surface area (Å²) in [5.41, 5.74) is 0.560. The number of aliphatic imine (C=N–C) groups is 1. The molecule has 7 nitrogen and oxygen atoms in total. The number of nitrogens with zero attached hydrogens (tertiary/aromatic N) is 3. The summed E-state index contributed by atoms with van der Waals surface area (Å²) in [7, 11) is 0. The predicted octanol–water partition coefficient (Wildman–Crippen LogP) is 4.04. The number of hydrogen-bond acceptors (Lipinski definition) is 4. The molecule has 0 bridgehead atoms. The number of ether oxygens (including phenoxy) is 2. The van der Waals surface area contributed by atoms with Gasteiger partial charge in [-0.25, -0.2) is 9.98 Å². The number of halogens is 3. The molecule has 0 fully saturated rings. The van der Waals surface area contributed by atoms with Gasteiger partial charge in [-0.15, -0.1) is 24.0 Å². The topological polar surface area (TPSA) is 72.7 Å². The Hall–Kier alpha value is -2.11. The molecular weight excluding hydrogens is 507 g/mol. The van der Waals surface area contributed by atoms with E-state index in [4.69, 9.17) is 4.74 Å². The Labute approximate surface area is 193 Å². The lowest BCUT2D eigenvalue weighted by Gasteiger charge is -2.14. The Bertz CT molecular complexity index is 745. The maximum absolute atomic E-state index is 12.8. The minimum atomic E-state index is -2.91. The Kier molecular flexibility index (Phi) is 12.8. The van der Waals surface area contributed by atoms with Crippen LogP contribution in [0, 0.1) is 0 Å². The summed E-state index contributed by atoms with van der Waals surface area (Å²) in [4.78, 5) is 8.50. The molecule has 0 spiro atoms. The fourth-order valence-corrected chi connectivity index (χ4v) is 2.57. The number of aryl methyl sites for hydroxylation is 1. The van der Waals surface area contributed by atoms with Crippen LogP contribution in [0.2, 0.25) is 0 Å². The Morgan fingerprint density at radius 1 is 1.27 bits per heavy atom. The van der Waals surface area contributed by atoms with E-state index in [0.717, 1.165) is 19.4 Å². The van der Waals surface area contributed by atoms with Crippen LogP contribution in [0.5, 0.6) is 11.5 Å². The molecule has 1 aromatic carbocycles. The molecule has 1 heterocycles. The fraction of sp³-hybridized carbons (Fsp3) is 0.500. The van der Waals surface area contributed by atoms with Crippen molar-refractivity contribution in [3.05, 3.63) is 42.5 Å². The fourth-order valence-electron chi connectivity index (χ4n) is 2.57. The predicted molar refractivity (Wildman–Crippen MR) is 124 cm³/mol. The quantitative estimate of drug-likeness (QED) is 0.185. The van der Waals surface area contributed by atoms with Gasteiger partial charge in [0.1, 0.15) is 11.5 Å². The highest BCUT2D eigenvalue weighted by atomic mass is 127. The zero-order valence-corrected chi connectivity index (χ0v) is 19.6. The van der Waals surface area contributed by atoms with Gasteiger partial charge >= 0.3 is 6.61 Å². The maximum atomic E-state index is 12.8. The monoisotopic (exact) mass is 537 g/mol. The second-order valence-electron chi connectivity index (χ2n) is 6.27. The number of aromatic nitrogens is 2. The van der Waals surface area contributed by atoms with Crippen molar-refractivity contribution in [1.82, 2.24) is 20.2 Å². The van der Waals surface area contributed by atoms with Crippen molar-refractivity contribution in [2.75, 3.05) is 19.7 Å². The molecule has 10 heteroatoms. The molecule has 2 N–H and O–H groups in total. The number of imidazole rings is 1. The highest BCUT2D eigenvalue weighted by Gasteiger charge is 2.11. The minimum Gasteiger partial charge on any atom is -0.493 e. The van der Waals surface area contributed by atoms with Gasteiger partial charge in [-0.3, -0.25) is 0 Å². The van der Waals surface area contributed by atoms with E-state index in [1.165, 1.54) is 6.07 Å². The van der Waals surface area contributed by atoms with Crippen LogP contribution in [-0.4, -0.2) is 41.8 Å². The van der Waals surface area contributed by atoms with Crippen molar-refractivity contribution in [2.45, 2.75) is 46.4 Å². The van der Waals surface area contributed by atoms with Crippen molar-refractivity contribution in [2.24, 2.45) is 4.99 Å². The first-order valence-electron chi connectivity index (χ1n) is 9.80. The molecule has 30 heavy (non-hydrogen) atoms. The number of guanidine groups is 1. The summed E-state index contributed by atoms with van der Waals surface area (Å²) in [6.45, 7) is 4.00. The minimum absolute atomic E-state index is 0. The van der Waals surface area contributed by atoms with E-state index in [-0.39, 0.29) is 36.3 Å². The number of rotatable bonds is 12. The van der Waals surface area contributed by atoms with Gasteiger partial charge in [-0.05, 0) is 31.9 Å². The van der Waals surface area contributed by atoms with E-state index in [1.807, 2.05) is 24.6 Å². The molecular formula is C20H30F2IN5O2. The van der Waals surface area contributed by atoms with Crippen LogP contribution < -0.4 is 20.1 Å². The first kappa shape index (κ1) is 25.9. The number of alkyl halides is 2. The smallest absolute Gasteiger partial charge is 0.387 e. The zero-order chi connectivity index (χ0) is 20.9. The van der Waals surface area contributed by atoms with Gasteiger partial charge in [0.05, 0.1) is 19.5 Å². The molecule has 0 amide bonds. The number of nitrogens with one attached hydrogen (secondary N) is 2. The molecule has 0 radical (unpaired) electrons. The van der Waals surface area contributed by atoms with Gasteiger partial charge < -0.3 is 24.7 Å². The largest absolute Gasteiger partial charge is 0.493 e. The van der Waals surface area contributed by atoms with Gasteiger partial charge in [-0.2, -0.15) is 8.78 Å². The van der Waals surface area contributed by atoms with Gasteiger partial charge in [0, 0.05) is 43.7 Å². The summed E-state index contributed by atoms with van der Waals surface area (Å²) >= 11 is 0. The van der Waals surface area contributed by atoms with Crippen molar-refractivity contribution >= 4 is 29.9 Å². The molecule has 1 aromatic heterocycles. The lowest BCUT2D eigenvalue weighted by molar-refractivity contribution is -0.0505. The second-order valence-corrected chi connectivity index (χ2v) is 6.27. The van der Waals surface area contributed by atoms with Crippen LogP contribution in [0.3, 0.4) is 0 Å². The lowest BCUT2D eigenvalue weighted by atomic mass is 10.2. The van der Waals surface area contributed by atoms with Crippen LogP contribution in [0.4, 0.5) is 8.78 Å². The molecule has 0 saturated heterocycles. The van der Waals surface area contributed by atoms with Gasteiger partial charge in [0.15, 0.2) is 5.96 Å². The Balaban J connectivity index is 0.00000450. The first-order chi connectivity index (χ1) is 14.1. The van der Waals surface area contributed by atoms with E-state index in [2.05, 4.69) is 25.3 Å². The van der Waals surface area contributed by atoms with E-state index >= 15 is 0 Å². The van der Waals surface area contributed by atoms with Crippen LogP contribution in [-0.2, 0) is 13.1 Å². The normalized spacial score (nSPS) is 11.2. The van der Waals surface area contributed by atoms with Crippen molar-refractivity contribution < 1.29 is 18.3 Å². The first-order valence-corrected chi connectivity index (χ1v) is 9.80. The van der Waals surface area contributed by atoms with Crippen molar-refractivity contribution in [1.29, 1.82) is 0 Å². The van der Waals surface area contributed by atoms with Crippen molar-refractivity contribution in [3.8, 4) is 11.5 Å². The van der Waals surface area contributed by atoms with Crippen LogP contribution in [0.15, 0.2) is 41.9 Å². The van der Waals surface area contributed by atoms with Crippen LogP contribution in [0.1, 0.15) is 32.3 Å². The molecule has 0 aliphatic heterocycles. The second kappa shape index (κ2) is 14.8. The zero-order valence-electron chi connectivity index (χ0n) is 17.3. The summed E-state index contributed by atoms with van der Waals surface area (Å²) in [5, 5.41) is 6.40. The van der Waals surface area contributed by atoms with Gasteiger partial charge in [0.25, 0.3) is 0 Å². The molecule has 0 saturated carbocycles. The summed E-state index contributed by atoms with van der Waals surface area (Å²) in [6, 6.07) is 4.93. The number of hydrogen-bond donors (Lipinski definition) is 2. The molecule has 2 aromatic rings. The van der Waals surface area contributed by atoms with Crippen molar-refractivity contribution in [3.63, 3.8) is 0 Å². The molecule has 0 unspecified atom stereocenters. The SMILES string of the molecule is CCCOc1ccc(CN=C(NCC)NCCCn2ccnc2)c(OC(F)F)c1.I. The highest BCUT2D eigenvalue weighted by molar-refractivity contribution is 14.0. The van der Waals surface area contributed by atoms with E-state index < -0.39 is 6.61 Å². The summed E-state index contributed by atoms with van der Waals surface area (Å²) in [5.74, 6) is 1.19. The average molecular weight is 537 g/mol. The highest BCUT2D eigenvalue weighted by Crippen LogP contribution is 2.27. The summed E-state index contributed by atoms with van der Waals surface area (Å²) < 4.78 is 37.8. The van der Waals surface area contributed by atoms with Gasteiger partial charge in [0.2, 0.25) is 0 Å². The maximum Gasteiger partial charge on any atom is 0.387 e. The van der Waals surface area contributed by atoms with E-state index in [0.29, 0.717) is 37.0 Å². The molecule has 0 aliphatic carbocycles. The standard InChI is InChI=1S/C20H29F2N5O2.HI/c1-3-12-28-17-7-6-16(18(13-17)29-19(21)22)14-26-20(24-4-2)25-8-5-10-27-11-9-23-15-27;/h6-7,9,11,13,15,19H,3-5,8,10,12,14H2,1-2H3,(H2,24,25,26);1H. The third-order valence-corrected chi connectivity index (χ3v) is 3.92. The van der Waals surface area contributed by atoms with E-state index in [1.54, 1.807) is 24.7 Å². The van der Waals surface area contributed by atoms with Crippen LogP contribution in [0.25, 0.3) is 0 Å². The molecule has 168 valence electrons. The lowest BCUT2D eigenvalue weighted by Crippen LogP contribution is -2.38.